The summed E-state index contributed by atoms with van der Waals surface area (Å²) >= 11 is 0. The summed E-state index contributed by atoms with van der Waals surface area (Å²) < 4.78 is 0. The molecule has 20 heavy (non-hydrogen) atoms. The van der Waals surface area contributed by atoms with Gasteiger partial charge in [-0.1, -0.05) is 18.2 Å². The van der Waals surface area contributed by atoms with Crippen LogP contribution in [0.3, 0.4) is 0 Å². The van der Waals surface area contributed by atoms with E-state index < -0.39 is 0 Å². The average Bonchev–Trinajstić information content (AvgIpc) is 2.45. The molecule has 0 radical (unpaired) electrons. The maximum absolute atomic E-state index is 12.2. The van der Waals surface area contributed by atoms with Gasteiger partial charge in [0.1, 0.15) is 0 Å². The van der Waals surface area contributed by atoms with Crippen molar-refractivity contribution in [2.75, 3.05) is 45.2 Å². The van der Waals surface area contributed by atoms with Gasteiger partial charge in [0, 0.05) is 18.8 Å². The molecule has 1 aromatic rings. The normalized spacial score (nSPS) is 10.4. The lowest BCUT2D eigenvalue weighted by molar-refractivity contribution is -0.124. The fourth-order valence-corrected chi connectivity index (χ4v) is 1.65. The molecule has 0 aliphatic heterocycles. The number of likely N-dealkylation sites (N-methyl/N-ethyl adjacent to an activating group) is 1. The summed E-state index contributed by atoms with van der Waals surface area (Å²) in [6.07, 6.45) is 0. The Kier molecular flexibility index (Phi) is 6.69. The minimum absolute atomic E-state index is 0.0433. The Labute approximate surface area is 119 Å². The summed E-state index contributed by atoms with van der Waals surface area (Å²) in [5.41, 5.74) is 6.02. The molecular weight excluding hydrogens is 256 g/mol. The van der Waals surface area contributed by atoms with Crippen molar-refractivity contribution >= 4 is 17.5 Å². The van der Waals surface area contributed by atoms with Crippen LogP contribution in [-0.2, 0) is 9.59 Å². The van der Waals surface area contributed by atoms with Crippen molar-refractivity contribution in [1.82, 2.24) is 10.2 Å². The summed E-state index contributed by atoms with van der Waals surface area (Å²) in [5, 5.41) is 2.50. The molecule has 110 valence electrons. The Morgan fingerprint density at radius 1 is 1.15 bits per heavy atom. The Morgan fingerprint density at radius 2 is 1.80 bits per heavy atom. The van der Waals surface area contributed by atoms with Crippen LogP contribution in [0.15, 0.2) is 30.3 Å². The van der Waals surface area contributed by atoms with Crippen LogP contribution in [0.5, 0.6) is 0 Å². The average molecular weight is 278 g/mol. The number of para-hydroxylation sites is 1. The van der Waals surface area contributed by atoms with E-state index in [0.29, 0.717) is 6.54 Å². The predicted molar refractivity (Wildman–Crippen MR) is 79.4 cm³/mol. The van der Waals surface area contributed by atoms with E-state index >= 15 is 0 Å². The number of nitrogens with two attached hydrogens (primary N) is 1. The lowest BCUT2D eigenvalue weighted by Gasteiger charge is -2.24. The smallest absolute Gasteiger partial charge is 0.246 e. The SMILES string of the molecule is CN(C)CCN(C(=O)CNC(=O)CN)c1ccccc1. The maximum Gasteiger partial charge on any atom is 0.246 e. The number of carbonyl (C=O) groups excluding carboxylic acids is 2. The third kappa shape index (κ3) is 5.38. The Morgan fingerprint density at radius 3 is 2.35 bits per heavy atom. The molecule has 0 fully saturated rings. The van der Waals surface area contributed by atoms with Crippen molar-refractivity contribution in [3.63, 3.8) is 0 Å². The fraction of sp³-hybridized carbons (Fsp3) is 0.429. The number of hydrogen-bond acceptors (Lipinski definition) is 4. The van der Waals surface area contributed by atoms with Crippen molar-refractivity contribution in [3.8, 4) is 0 Å². The third-order valence-corrected chi connectivity index (χ3v) is 2.76. The Bertz CT molecular complexity index is 434. The number of amides is 2. The van der Waals surface area contributed by atoms with Gasteiger partial charge in [-0.2, -0.15) is 0 Å². The van der Waals surface area contributed by atoms with Crippen LogP contribution in [0.25, 0.3) is 0 Å². The van der Waals surface area contributed by atoms with Gasteiger partial charge in [0.15, 0.2) is 0 Å². The van der Waals surface area contributed by atoms with Gasteiger partial charge in [0.05, 0.1) is 13.1 Å². The van der Waals surface area contributed by atoms with Gasteiger partial charge in [-0.05, 0) is 26.2 Å². The quantitative estimate of drug-likeness (QED) is 0.715. The van der Waals surface area contributed by atoms with Crippen LogP contribution >= 0.6 is 0 Å². The molecule has 6 heteroatoms. The van der Waals surface area contributed by atoms with E-state index in [1.165, 1.54) is 0 Å². The van der Waals surface area contributed by atoms with Gasteiger partial charge in [-0.15, -0.1) is 0 Å². The monoisotopic (exact) mass is 278 g/mol. The summed E-state index contributed by atoms with van der Waals surface area (Å²) in [6.45, 7) is 1.15. The fourth-order valence-electron chi connectivity index (χ4n) is 1.65. The Balaban J connectivity index is 2.71. The predicted octanol–water partition coefficient (Wildman–Crippen LogP) is -0.344. The van der Waals surface area contributed by atoms with E-state index in [-0.39, 0.29) is 24.9 Å². The molecule has 0 aliphatic carbocycles. The zero-order chi connectivity index (χ0) is 15.0. The molecule has 0 unspecified atom stereocenters. The van der Waals surface area contributed by atoms with E-state index in [9.17, 15) is 9.59 Å². The minimum atomic E-state index is -0.334. The van der Waals surface area contributed by atoms with E-state index in [2.05, 4.69) is 5.32 Å². The van der Waals surface area contributed by atoms with Crippen LogP contribution in [0.2, 0.25) is 0 Å². The number of nitrogens with zero attached hydrogens (tertiary/aromatic N) is 2. The van der Waals surface area contributed by atoms with Gasteiger partial charge >= 0.3 is 0 Å². The van der Waals surface area contributed by atoms with E-state index in [0.717, 1.165) is 12.2 Å². The molecule has 0 bridgehead atoms. The van der Waals surface area contributed by atoms with Gasteiger partial charge in [0.25, 0.3) is 0 Å². The largest absolute Gasteiger partial charge is 0.346 e. The lowest BCUT2D eigenvalue weighted by Crippen LogP contribution is -2.44. The highest BCUT2D eigenvalue weighted by Crippen LogP contribution is 2.13. The highest BCUT2D eigenvalue weighted by molar-refractivity contribution is 5.96. The summed E-state index contributed by atoms with van der Waals surface area (Å²) in [7, 11) is 3.90. The molecule has 0 saturated heterocycles. The lowest BCUT2D eigenvalue weighted by atomic mass is 10.2. The molecular formula is C14H22N4O2. The number of anilines is 1. The highest BCUT2D eigenvalue weighted by atomic mass is 16.2. The highest BCUT2D eigenvalue weighted by Gasteiger charge is 2.16. The number of hydrogen-bond donors (Lipinski definition) is 2. The van der Waals surface area contributed by atoms with Gasteiger partial charge in [0.2, 0.25) is 11.8 Å². The second-order valence-electron chi connectivity index (χ2n) is 4.67. The number of benzene rings is 1. The molecule has 0 aliphatic rings. The number of nitrogens with one attached hydrogen (secondary N) is 1. The Hall–Kier alpha value is -1.92. The molecule has 6 nitrogen and oxygen atoms in total. The molecule has 3 N–H and O–H groups in total. The van der Waals surface area contributed by atoms with Crippen LogP contribution in [0.1, 0.15) is 0 Å². The first-order valence-corrected chi connectivity index (χ1v) is 6.51. The van der Waals surface area contributed by atoms with Gasteiger partial charge in [-0.25, -0.2) is 0 Å². The first kappa shape index (κ1) is 16.1. The van der Waals surface area contributed by atoms with Crippen LogP contribution in [-0.4, -0.2) is 57.0 Å². The summed E-state index contributed by atoms with van der Waals surface area (Å²) in [5.74, 6) is -0.487. The first-order valence-electron chi connectivity index (χ1n) is 6.51. The second-order valence-corrected chi connectivity index (χ2v) is 4.67. The standard InChI is InChI=1S/C14H22N4O2/c1-17(2)8-9-18(12-6-4-3-5-7-12)14(20)11-16-13(19)10-15/h3-7H,8-11,15H2,1-2H3,(H,16,19). The van der Waals surface area contributed by atoms with Crippen LogP contribution in [0, 0.1) is 0 Å². The van der Waals surface area contributed by atoms with Crippen molar-refractivity contribution in [2.45, 2.75) is 0 Å². The summed E-state index contributed by atoms with van der Waals surface area (Å²) in [4.78, 5) is 27.0. The molecule has 0 aromatic heterocycles. The van der Waals surface area contributed by atoms with Gasteiger partial charge in [-0.3, -0.25) is 9.59 Å². The first-order chi connectivity index (χ1) is 9.54. The summed E-state index contributed by atoms with van der Waals surface area (Å²) in [6, 6.07) is 9.40. The van der Waals surface area contributed by atoms with Crippen LogP contribution < -0.4 is 16.0 Å². The molecule has 1 aromatic carbocycles. The minimum Gasteiger partial charge on any atom is -0.346 e. The van der Waals surface area contributed by atoms with E-state index in [4.69, 9.17) is 5.73 Å². The molecule has 0 heterocycles. The second kappa shape index (κ2) is 8.29. The number of rotatable bonds is 7. The van der Waals surface area contributed by atoms with E-state index in [1.54, 1.807) is 4.90 Å². The number of carbonyl (C=O) groups is 2. The molecule has 0 atom stereocenters. The molecule has 1 rings (SSSR count). The van der Waals surface area contributed by atoms with Crippen molar-refractivity contribution in [1.29, 1.82) is 0 Å². The zero-order valence-electron chi connectivity index (χ0n) is 12.0. The van der Waals surface area contributed by atoms with Crippen LogP contribution in [0.4, 0.5) is 5.69 Å². The maximum atomic E-state index is 12.2. The van der Waals surface area contributed by atoms with Gasteiger partial charge < -0.3 is 20.9 Å². The zero-order valence-corrected chi connectivity index (χ0v) is 12.0. The van der Waals surface area contributed by atoms with E-state index in [1.807, 2.05) is 49.3 Å². The van der Waals surface area contributed by atoms with Crippen molar-refractivity contribution in [2.24, 2.45) is 5.73 Å². The van der Waals surface area contributed by atoms with Crippen molar-refractivity contribution < 1.29 is 9.59 Å². The topological polar surface area (TPSA) is 78.7 Å². The molecule has 0 saturated carbocycles. The molecule has 2 amide bonds. The van der Waals surface area contributed by atoms with Crippen molar-refractivity contribution in [3.05, 3.63) is 30.3 Å². The molecule has 0 spiro atoms. The third-order valence-electron chi connectivity index (χ3n) is 2.76.